The monoisotopic (exact) mass is 347 g/mol. The summed E-state index contributed by atoms with van der Waals surface area (Å²) in [7, 11) is 0. The lowest BCUT2D eigenvalue weighted by molar-refractivity contribution is 0.0327. The first-order valence-corrected chi connectivity index (χ1v) is 9.08. The molecule has 0 N–H and O–H groups in total. The third kappa shape index (κ3) is 3.09. The predicted octanol–water partition coefficient (Wildman–Crippen LogP) is 4.26. The third-order valence-corrected chi connectivity index (χ3v) is 4.84. The molecule has 2 aromatic rings. The maximum absolute atomic E-state index is 9.44. The molecule has 1 aromatic heterocycles. The van der Waals surface area contributed by atoms with Crippen LogP contribution in [0.1, 0.15) is 43.7 Å². The zero-order valence-corrected chi connectivity index (χ0v) is 15.0. The predicted molar refractivity (Wildman–Crippen MR) is 98.1 cm³/mol. The van der Waals surface area contributed by atoms with E-state index in [2.05, 4.69) is 34.4 Å². The van der Waals surface area contributed by atoms with Gasteiger partial charge < -0.3 is 9.26 Å². The highest BCUT2D eigenvalue weighted by Crippen LogP contribution is 2.32. The van der Waals surface area contributed by atoms with Gasteiger partial charge in [-0.25, -0.2) is 0 Å². The average Bonchev–Trinajstić information content (AvgIpc) is 3.30. The summed E-state index contributed by atoms with van der Waals surface area (Å²) in [5.41, 5.74) is 5.15. The second kappa shape index (κ2) is 6.89. The number of rotatable bonds is 4. The van der Waals surface area contributed by atoms with Crippen LogP contribution >= 0.6 is 0 Å². The van der Waals surface area contributed by atoms with Gasteiger partial charge in [-0.1, -0.05) is 29.4 Å². The van der Waals surface area contributed by atoms with E-state index in [0.29, 0.717) is 23.7 Å². The van der Waals surface area contributed by atoms with Crippen LogP contribution in [-0.4, -0.2) is 22.3 Å². The number of aryl methyl sites for hydroxylation is 1. The van der Waals surface area contributed by atoms with Crippen LogP contribution in [0, 0.1) is 11.3 Å². The van der Waals surface area contributed by atoms with Crippen LogP contribution in [0.5, 0.6) is 0 Å². The van der Waals surface area contributed by atoms with Crippen molar-refractivity contribution in [1.29, 1.82) is 5.26 Å². The fourth-order valence-corrected chi connectivity index (χ4v) is 3.67. The molecule has 0 bridgehead atoms. The Balaban J connectivity index is 1.62. The molecule has 0 spiro atoms. The first-order chi connectivity index (χ1) is 12.7. The van der Waals surface area contributed by atoms with E-state index in [0.717, 1.165) is 24.0 Å². The van der Waals surface area contributed by atoms with Gasteiger partial charge in [0.1, 0.15) is 0 Å². The molecule has 0 radical (unpaired) electrons. The number of hydrogen-bond acceptors (Lipinski definition) is 5. The van der Waals surface area contributed by atoms with Gasteiger partial charge in [0.25, 0.3) is 5.89 Å². The van der Waals surface area contributed by atoms with Crippen molar-refractivity contribution in [1.82, 2.24) is 10.1 Å². The highest BCUT2D eigenvalue weighted by molar-refractivity contribution is 5.74. The lowest BCUT2D eigenvalue weighted by Crippen LogP contribution is -2.21. The Kier molecular flexibility index (Phi) is 4.44. The van der Waals surface area contributed by atoms with Crippen LogP contribution in [0.15, 0.2) is 40.4 Å². The Morgan fingerprint density at radius 3 is 3.00 bits per heavy atom. The molecule has 5 nitrogen and oxygen atoms in total. The average molecular weight is 347 g/mol. The lowest BCUT2D eigenvalue weighted by Gasteiger charge is -2.21. The smallest absolute Gasteiger partial charge is 0.257 e. The number of nitriles is 1. The summed E-state index contributed by atoms with van der Waals surface area (Å²) in [6, 6.07) is 8.52. The number of fused-ring (bicyclic) bond motifs is 1. The largest absolute Gasteiger partial charge is 0.370 e. The Morgan fingerprint density at radius 1 is 1.31 bits per heavy atom. The normalized spacial score (nSPS) is 19.1. The lowest BCUT2D eigenvalue weighted by atomic mass is 9.97. The van der Waals surface area contributed by atoms with Crippen LogP contribution in [-0.2, 0) is 17.6 Å². The van der Waals surface area contributed by atoms with Gasteiger partial charge >= 0.3 is 0 Å². The van der Waals surface area contributed by atoms with E-state index in [1.54, 1.807) is 6.08 Å². The van der Waals surface area contributed by atoms with Crippen LogP contribution < -0.4 is 0 Å². The molecule has 2 aliphatic rings. The number of ether oxygens (including phenoxy) is 1. The molecule has 1 aromatic carbocycles. The van der Waals surface area contributed by atoms with Crippen molar-refractivity contribution >= 4 is 5.57 Å². The highest BCUT2D eigenvalue weighted by Gasteiger charge is 2.24. The summed E-state index contributed by atoms with van der Waals surface area (Å²) in [6.07, 6.45) is 7.64. The van der Waals surface area contributed by atoms with Crippen molar-refractivity contribution in [3.63, 3.8) is 0 Å². The minimum absolute atomic E-state index is 0.0712. The molecule has 0 saturated carbocycles. The third-order valence-electron chi connectivity index (χ3n) is 4.84. The minimum Gasteiger partial charge on any atom is -0.370 e. The standard InChI is InChI=1S/C21H21N3O2/c1-13(2)25-19-10-9-15(11-16(19)12-22)21-23-20(24-26-21)18-8-4-6-14-5-3-7-17(14)18/h4,6,8-9,11,13,19H,3,5,7,10H2,1-2H3. The fourth-order valence-electron chi connectivity index (χ4n) is 3.67. The van der Waals surface area contributed by atoms with Crippen LogP contribution in [0.3, 0.4) is 0 Å². The van der Waals surface area contributed by atoms with E-state index in [1.165, 1.54) is 17.5 Å². The van der Waals surface area contributed by atoms with Gasteiger partial charge in [0.2, 0.25) is 5.82 Å². The van der Waals surface area contributed by atoms with E-state index in [9.17, 15) is 5.26 Å². The van der Waals surface area contributed by atoms with Gasteiger partial charge in [-0.05, 0) is 56.7 Å². The van der Waals surface area contributed by atoms with Gasteiger partial charge in [-0.2, -0.15) is 10.2 Å². The van der Waals surface area contributed by atoms with Crippen molar-refractivity contribution in [2.45, 2.75) is 51.7 Å². The molecule has 0 saturated heterocycles. The molecule has 1 heterocycles. The molecule has 0 fully saturated rings. The van der Waals surface area contributed by atoms with Crippen molar-refractivity contribution in [2.24, 2.45) is 0 Å². The van der Waals surface area contributed by atoms with E-state index in [4.69, 9.17) is 9.26 Å². The number of nitrogens with zero attached hydrogens (tertiary/aromatic N) is 3. The molecule has 1 atom stereocenters. The van der Waals surface area contributed by atoms with Gasteiger partial charge in [-0.3, -0.25) is 0 Å². The van der Waals surface area contributed by atoms with Gasteiger partial charge in [0.05, 0.1) is 23.9 Å². The molecule has 132 valence electrons. The summed E-state index contributed by atoms with van der Waals surface area (Å²) in [6.45, 7) is 3.94. The summed E-state index contributed by atoms with van der Waals surface area (Å²) in [5.74, 6) is 1.07. The van der Waals surface area contributed by atoms with Crippen molar-refractivity contribution in [3.8, 4) is 17.5 Å². The van der Waals surface area contributed by atoms with Crippen LogP contribution in [0.25, 0.3) is 17.0 Å². The minimum atomic E-state index is -0.205. The number of benzene rings is 1. The van der Waals surface area contributed by atoms with E-state index < -0.39 is 0 Å². The summed E-state index contributed by atoms with van der Waals surface area (Å²) >= 11 is 0. The second-order valence-electron chi connectivity index (χ2n) is 7.00. The zero-order valence-electron chi connectivity index (χ0n) is 15.0. The SMILES string of the molecule is CC(C)OC1CC=C(c2nc(-c3cccc4c3CCC4)no2)C=C1C#N. The molecule has 0 aliphatic heterocycles. The summed E-state index contributed by atoms with van der Waals surface area (Å²) in [4.78, 5) is 4.60. The summed E-state index contributed by atoms with van der Waals surface area (Å²) in [5, 5.41) is 13.6. The summed E-state index contributed by atoms with van der Waals surface area (Å²) < 4.78 is 11.3. The van der Waals surface area contributed by atoms with Crippen molar-refractivity contribution in [3.05, 3.63) is 52.9 Å². The Bertz CT molecular complexity index is 931. The fraction of sp³-hybridized carbons (Fsp3) is 0.381. The Labute approximate surface area is 153 Å². The second-order valence-corrected chi connectivity index (χ2v) is 7.00. The molecular weight excluding hydrogens is 326 g/mol. The van der Waals surface area contributed by atoms with E-state index in [1.807, 2.05) is 19.9 Å². The maximum atomic E-state index is 9.44. The first kappa shape index (κ1) is 16.7. The van der Waals surface area contributed by atoms with Gasteiger partial charge in [0.15, 0.2) is 0 Å². The first-order valence-electron chi connectivity index (χ1n) is 9.08. The highest BCUT2D eigenvalue weighted by atomic mass is 16.5. The number of hydrogen-bond donors (Lipinski definition) is 0. The molecular formula is C21H21N3O2. The maximum Gasteiger partial charge on any atom is 0.257 e. The Morgan fingerprint density at radius 2 is 2.19 bits per heavy atom. The molecule has 5 heteroatoms. The van der Waals surface area contributed by atoms with Crippen molar-refractivity contribution in [2.75, 3.05) is 0 Å². The molecule has 4 rings (SSSR count). The number of allylic oxidation sites excluding steroid dienone is 2. The molecule has 2 aliphatic carbocycles. The van der Waals surface area contributed by atoms with Crippen LogP contribution in [0.2, 0.25) is 0 Å². The molecule has 0 amide bonds. The van der Waals surface area contributed by atoms with Crippen molar-refractivity contribution < 1.29 is 9.26 Å². The molecule has 1 unspecified atom stereocenters. The molecule has 26 heavy (non-hydrogen) atoms. The van der Waals surface area contributed by atoms with E-state index >= 15 is 0 Å². The van der Waals surface area contributed by atoms with Gasteiger partial charge in [0, 0.05) is 11.1 Å². The number of aromatic nitrogens is 2. The van der Waals surface area contributed by atoms with Crippen LogP contribution in [0.4, 0.5) is 0 Å². The zero-order chi connectivity index (χ0) is 18.1. The van der Waals surface area contributed by atoms with E-state index in [-0.39, 0.29) is 12.2 Å². The quantitative estimate of drug-likeness (QED) is 0.826. The topological polar surface area (TPSA) is 71.9 Å². The Hall–Kier alpha value is -2.71. The van der Waals surface area contributed by atoms with Gasteiger partial charge in [-0.15, -0.1) is 0 Å².